The first-order valence-corrected chi connectivity index (χ1v) is 6.30. The van der Waals surface area contributed by atoms with Crippen LogP contribution < -0.4 is 0 Å². The van der Waals surface area contributed by atoms with E-state index in [1.165, 1.54) is 0 Å². The van der Waals surface area contributed by atoms with E-state index in [1.807, 2.05) is 20.8 Å². The summed E-state index contributed by atoms with van der Waals surface area (Å²) in [6.07, 6.45) is 2.60. The number of carbonyl (C=O) groups excluding carboxylic acids is 2. The van der Waals surface area contributed by atoms with Gasteiger partial charge in [-0.15, -0.1) is 0 Å². The Labute approximate surface area is 108 Å². The number of carbonyl (C=O) groups is 2. The molecule has 0 N–H and O–H groups in total. The summed E-state index contributed by atoms with van der Waals surface area (Å²) in [4.78, 5) is 22.1. The Morgan fingerprint density at radius 1 is 1.56 bits per heavy atom. The summed E-state index contributed by atoms with van der Waals surface area (Å²) in [7, 11) is 0. The molecule has 0 radical (unpaired) electrons. The van der Waals surface area contributed by atoms with Crippen LogP contribution in [-0.2, 0) is 19.1 Å². The smallest absolute Gasteiger partial charge is 0.311 e. The Bertz CT molecular complexity index is 327. The van der Waals surface area contributed by atoms with Gasteiger partial charge in [0.05, 0.1) is 18.1 Å². The van der Waals surface area contributed by atoms with E-state index in [0.717, 1.165) is 31.1 Å². The molecule has 1 heterocycles. The Balaban J connectivity index is 2.18. The van der Waals surface area contributed by atoms with Gasteiger partial charge in [-0.1, -0.05) is 6.58 Å². The van der Waals surface area contributed by atoms with Gasteiger partial charge >= 0.3 is 5.97 Å². The van der Waals surface area contributed by atoms with Crippen molar-refractivity contribution in [2.24, 2.45) is 5.41 Å². The van der Waals surface area contributed by atoms with Gasteiger partial charge in [0.1, 0.15) is 6.10 Å². The van der Waals surface area contributed by atoms with E-state index in [2.05, 4.69) is 6.58 Å². The molecule has 4 heteroatoms. The zero-order chi connectivity index (χ0) is 13.8. The molecule has 0 unspecified atom stereocenters. The standard InChI is InChI=1S/C14H22O4/c1-10-8-11(18-12(10)9-15)6-5-7-17-13(16)14(2,3)4/h9,11-12H,1,5-8H2,2-4H3/t11-,12-/m0/s1. The normalized spacial score (nSPS) is 24.1. The summed E-state index contributed by atoms with van der Waals surface area (Å²) < 4.78 is 10.6. The number of esters is 1. The van der Waals surface area contributed by atoms with Gasteiger partial charge in [-0.25, -0.2) is 0 Å². The predicted octanol–water partition coefficient (Wildman–Crippen LogP) is 2.27. The monoisotopic (exact) mass is 254 g/mol. The molecule has 1 aliphatic rings. The van der Waals surface area contributed by atoms with E-state index in [9.17, 15) is 9.59 Å². The highest BCUT2D eigenvalue weighted by Gasteiger charge is 2.28. The zero-order valence-electron chi connectivity index (χ0n) is 11.4. The van der Waals surface area contributed by atoms with Crippen molar-refractivity contribution in [1.82, 2.24) is 0 Å². The van der Waals surface area contributed by atoms with Gasteiger partial charge in [-0.05, 0) is 45.6 Å². The lowest BCUT2D eigenvalue weighted by atomic mass is 9.97. The molecule has 0 amide bonds. The molecule has 1 rings (SSSR count). The predicted molar refractivity (Wildman–Crippen MR) is 68.1 cm³/mol. The van der Waals surface area contributed by atoms with Crippen LogP contribution in [0.3, 0.4) is 0 Å². The number of hydrogen-bond donors (Lipinski definition) is 0. The molecular formula is C14H22O4. The average molecular weight is 254 g/mol. The molecule has 102 valence electrons. The molecule has 4 nitrogen and oxygen atoms in total. The maximum Gasteiger partial charge on any atom is 0.311 e. The largest absolute Gasteiger partial charge is 0.465 e. The number of rotatable bonds is 5. The number of hydrogen-bond acceptors (Lipinski definition) is 4. The van der Waals surface area contributed by atoms with E-state index in [0.29, 0.717) is 6.61 Å². The summed E-state index contributed by atoms with van der Waals surface area (Å²) in [5, 5.41) is 0. The van der Waals surface area contributed by atoms with Crippen LogP contribution in [0.25, 0.3) is 0 Å². The van der Waals surface area contributed by atoms with E-state index in [4.69, 9.17) is 9.47 Å². The minimum atomic E-state index is -0.458. The lowest BCUT2D eigenvalue weighted by Crippen LogP contribution is -2.23. The molecule has 1 fully saturated rings. The Morgan fingerprint density at radius 2 is 2.22 bits per heavy atom. The molecule has 1 saturated heterocycles. The Morgan fingerprint density at radius 3 is 2.72 bits per heavy atom. The van der Waals surface area contributed by atoms with E-state index in [-0.39, 0.29) is 12.1 Å². The van der Waals surface area contributed by atoms with Crippen LogP contribution in [0.2, 0.25) is 0 Å². The summed E-state index contributed by atoms with van der Waals surface area (Å²) in [6.45, 7) is 9.68. The molecule has 18 heavy (non-hydrogen) atoms. The van der Waals surface area contributed by atoms with Crippen molar-refractivity contribution in [3.8, 4) is 0 Å². The van der Waals surface area contributed by atoms with Gasteiger partial charge in [0.2, 0.25) is 0 Å². The van der Waals surface area contributed by atoms with Gasteiger partial charge in [-0.2, -0.15) is 0 Å². The third-order valence-electron chi connectivity index (χ3n) is 2.87. The third-order valence-corrected chi connectivity index (χ3v) is 2.87. The summed E-state index contributed by atoms with van der Waals surface area (Å²) in [5.74, 6) is -0.190. The lowest BCUT2D eigenvalue weighted by Gasteiger charge is -2.17. The molecule has 0 aliphatic carbocycles. The molecular weight excluding hydrogens is 232 g/mol. The van der Waals surface area contributed by atoms with Crippen molar-refractivity contribution in [2.75, 3.05) is 6.61 Å². The van der Waals surface area contributed by atoms with Crippen LogP contribution in [-0.4, -0.2) is 31.1 Å². The van der Waals surface area contributed by atoms with E-state index < -0.39 is 11.5 Å². The molecule has 0 saturated carbocycles. The van der Waals surface area contributed by atoms with Crippen LogP contribution in [0.15, 0.2) is 12.2 Å². The fraction of sp³-hybridized carbons (Fsp3) is 0.714. The fourth-order valence-corrected chi connectivity index (χ4v) is 1.75. The molecule has 0 bridgehead atoms. The van der Waals surface area contributed by atoms with Gasteiger partial charge in [0.15, 0.2) is 6.29 Å². The van der Waals surface area contributed by atoms with Crippen molar-refractivity contribution in [1.29, 1.82) is 0 Å². The van der Waals surface area contributed by atoms with Crippen LogP contribution >= 0.6 is 0 Å². The van der Waals surface area contributed by atoms with Crippen molar-refractivity contribution in [3.63, 3.8) is 0 Å². The van der Waals surface area contributed by atoms with Crippen molar-refractivity contribution in [2.45, 2.75) is 52.2 Å². The second-order valence-corrected chi connectivity index (χ2v) is 5.71. The first-order valence-electron chi connectivity index (χ1n) is 6.30. The highest BCUT2D eigenvalue weighted by Crippen LogP contribution is 2.26. The third kappa shape index (κ3) is 4.26. The van der Waals surface area contributed by atoms with Gasteiger partial charge in [-0.3, -0.25) is 4.79 Å². The average Bonchev–Trinajstić information content (AvgIpc) is 2.63. The minimum absolute atomic E-state index is 0.0287. The van der Waals surface area contributed by atoms with Gasteiger partial charge in [0, 0.05) is 0 Å². The SMILES string of the molecule is C=C1C[C@H](CCCOC(=O)C(C)(C)C)O[C@H]1C=O. The highest BCUT2D eigenvalue weighted by molar-refractivity contribution is 5.75. The second kappa shape index (κ2) is 6.14. The number of ether oxygens (including phenoxy) is 2. The van der Waals surface area contributed by atoms with Crippen LogP contribution in [0.4, 0.5) is 0 Å². The first-order chi connectivity index (χ1) is 8.34. The molecule has 0 aromatic carbocycles. The molecule has 0 spiro atoms. The van der Waals surface area contributed by atoms with Gasteiger partial charge < -0.3 is 14.3 Å². The topological polar surface area (TPSA) is 52.6 Å². The van der Waals surface area contributed by atoms with Gasteiger partial charge in [0.25, 0.3) is 0 Å². The van der Waals surface area contributed by atoms with Crippen molar-refractivity contribution in [3.05, 3.63) is 12.2 Å². The maximum atomic E-state index is 11.5. The summed E-state index contributed by atoms with van der Waals surface area (Å²) in [6, 6.07) is 0. The van der Waals surface area contributed by atoms with E-state index >= 15 is 0 Å². The highest BCUT2D eigenvalue weighted by atomic mass is 16.5. The fourth-order valence-electron chi connectivity index (χ4n) is 1.75. The summed E-state index contributed by atoms with van der Waals surface area (Å²) >= 11 is 0. The van der Waals surface area contributed by atoms with Crippen LogP contribution in [0.1, 0.15) is 40.0 Å². The molecule has 0 aromatic rings. The number of aldehydes is 1. The quantitative estimate of drug-likeness (QED) is 0.327. The van der Waals surface area contributed by atoms with E-state index in [1.54, 1.807) is 0 Å². The maximum absolute atomic E-state index is 11.5. The van der Waals surface area contributed by atoms with Crippen molar-refractivity contribution >= 4 is 12.3 Å². The Kier molecular flexibility index (Phi) is 5.08. The van der Waals surface area contributed by atoms with Crippen LogP contribution in [0.5, 0.6) is 0 Å². The van der Waals surface area contributed by atoms with Crippen LogP contribution in [0, 0.1) is 5.41 Å². The molecule has 2 atom stereocenters. The zero-order valence-corrected chi connectivity index (χ0v) is 11.4. The lowest BCUT2D eigenvalue weighted by molar-refractivity contribution is -0.153. The second-order valence-electron chi connectivity index (χ2n) is 5.71. The molecule has 0 aromatic heterocycles. The molecule has 1 aliphatic heterocycles. The summed E-state index contributed by atoms with van der Waals surface area (Å²) in [5.41, 5.74) is 0.377. The first kappa shape index (κ1) is 14.9. The minimum Gasteiger partial charge on any atom is -0.465 e. The van der Waals surface area contributed by atoms with Crippen molar-refractivity contribution < 1.29 is 19.1 Å². The Hall–Kier alpha value is -1.16.